The molecule has 1 N–H and O–H groups in total. The van der Waals surface area contributed by atoms with Gasteiger partial charge in [0.2, 0.25) is 5.91 Å². The van der Waals surface area contributed by atoms with Gasteiger partial charge in [0.25, 0.3) is 0 Å². The Hall–Kier alpha value is -3.45. The third-order valence-electron chi connectivity index (χ3n) is 5.08. The summed E-state index contributed by atoms with van der Waals surface area (Å²) in [6.45, 7) is 0. The summed E-state index contributed by atoms with van der Waals surface area (Å²) in [5, 5.41) is 12.6. The van der Waals surface area contributed by atoms with Crippen LogP contribution in [-0.4, -0.2) is 26.4 Å². The highest BCUT2D eigenvalue weighted by Crippen LogP contribution is 2.24. The summed E-state index contributed by atoms with van der Waals surface area (Å²) in [6, 6.07) is 26.2. The van der Waals surface area contributed by atoms with E-state index in [9.17, 15) is 9.18 Å². The number of para-hydroxylation sites is 1. The van der Waals surface area contributed by atoms with Crippen LogP contribution >= 0.6 is 11.8 Å². The highest BCUT2D eigenvalue weighted by atomic mass is 32.2. The molecule has 0 spiro atoms. The van der Waals surface area contributed by atoms with Crippen LogP contribution in [0.4, 0.5) is 10.1 Å². The number of carbonyl (C=O) groups excluding carboxylic acids is 1. The lowest BCUT2D eigenvalue weighted by Gasteiger charge is -2.10. The molecular formula is C26H25FN4OS. The number of nitrogens with zero attached hydrogens (tertiary/aromatic N) is 3. The summed E-state index contributed by atoms with van der Waals surface area (Å²) in [4.78, 5) is 12.1. The average Bonchev–Trinajstić information content (AvgIpc) is 3.23. The lowest BCUT2D eigenvalue weighted by atomic mass is 10.1. The largest absolute Gasteiger partial charge is 0.326 e. The van der Waals surface area contributed by atoms with Crippen LogP contribution in [0.5, 0.6) is 0 Å². The zero-order valence-corrected chi connectivity index (χ0v) is 19.0. The monoisotopic (exact) mass is 460 g/mol. The van der Waals surface area contributed by atoms with Gasteiger partial charge in [0, 0.05) is 30.0 Å². The molecule has 4 rings (SSSR count). The van der Waals surface area contributed by atoms with E-state index in [1.54, 1.807) is 23.9 Å². The molecule has 0 fully saturated rings. The molecule has 0 saturated carbocycles. The Morgan fingerprint density at radius 1 is 0.879 bits per heavy atom. The third kappa shape index (κ3) is 6.52. The Labute approximate surface area is 197 Å². The Balaban J connectivity index is 1.33. The molecule has 0 aliphatic carbocycles. The van der Waals surface area contributed by atoms with Crippen molar-refractivity contribution in [3.8, 4) is 5.69 Å². The quantitative estimate of drug-likeness (QED) is 0.236. The molecule has 0 unspecified atom stereocenters. The van der Waals surface area contributed by atoms with Gasteiger partial charge in [0.1, 0.15) is 11.6 Å². The third-order valence-corrected chi connectivity index (χ3v) is 6.09. The van der Waals surface area contributed by atoms with Gasteiger partial charge in [0.15, 0.2) is 5.16 Å². The molecule has 0 atom stereocenters. The summed E-state index contributed by atoms with van der Waals surface area (Å²) in [6.07, 6.45) is 2.75. The number of thioether (sulfide) groups is 1. The summed E-state index contributed by atoms with van der Waals surface area (Å²) in [5.41, 5.74) is 2.83. The number of aromatic nitrogens is 3. The van der Waals surface area contributed by atoms with Crippen molar-refractivity contribution in [1.82, 2.24) is 14.8 Å². The minimum absolute atomic E-state index is 0.0655. The molecule has 0 bridgehead atoms. The number of halogens is 1. The first-order chi connectivity index (χ1) is 16.2. The van der Waals surface area contributed by atoms with Crippen LogP contribution in [0.15, 0.2) is 90.1 Å². The molecule has 1 amide bonds. The van der Waals surface area contributed by atoms with Gasteiger partial charge in [-0.2, -0.15) is 0 Å². The van der Waals surface area contributed by atoms with Crippen molar-refractivity contribution in [3.63, 3.8) is 0 Å². The van der Waals surface area contributed by atoms with Crippen molar-refractivity contribution < 1.29 is 9.18 Å². The van der Waals surface area contributed by atoms with Crippen molar-refractivity contribution in [1.29, 1.82) is 0 Å². The van der Waals surface area contributed by atoms with Crippen LogP contribution < -0.4 is 5.32 Å². The molecule has 1 aromatic heterocycles. The number of benzene rings is 3. The van der Waals surface area contributed by atoms with E-state index in [1.807, 2.05) is 36.4 Å². The molecule has 0 aliphatic heterocycles. The van der Waals surface area contributed by atoms with E-state index in [0.29, 0.717) is 18.5 Å². The smallest absolute Gasteiger partial charge is 0.224 e. The van der Waals surface area contributed by atoms with Crippen LogP contribution in [0, 0.1) is 5.82 Å². The highest BCUT2D eigenvalue weighted by Gasteiger charge is 2.15. The molecule has 1 heterocycles. The predicted molar refractivity (Wildman–Crippen MR) is 130 cm³/mol. The van der Waals surface area contributed by atoms with Gasteiger partial charge >= 0.3 is 0 Å². The number of carbonyl (C=O) groups is 1. The van der Waals surface area contributed by atoms with Crippen molar-refractivity contribution in [2.75, 3.05) is 11.1 Å². The molecule has 0 aliphatic rings. The summed E-state index contributed by atoms with van der Waals surface area (Å²) in [7, 11) is 0. The van der Waals surface area contributed by atoms with Gasteiger partial charge in [-0.25, -0.2) is 4.39 Å². The van der Waals surface area contributed by atoms with Crippen LogP contribution in [0.2, 0.25) is 0 Å². The van der Waals surface area contributed by atoms with Gasteiger partial charge in [0.05, 0.1) is 0 Å². The molecule has 3 aromatic carbocycles. The van der Waals surface area contributed by atoms with Crippen molar-refractivity contribution >= 4 is 23.4 Å². The Morgan fingerprint density at radius 2 is 1.58 bits per heavy atom. The van der Waals surface area contributed by atoms with E-state index < -0.39 is 0 Å². The lowest BCUT2D eigenvalue weighted by molar-refractivity contribution is -0.116. The first-order valence-electron chi connectivity index (χ1n) is 10.9. The number of hydrogen-bond acceptors (Lipinski definition) is 4. The zero-order chi connectivity index (χ0) is 22.9. The number of amides is 1. The molecule has 4 aromatic rings. The van der Waals surface area contributed by atoms with E-state index in [1.165, 1.54) is 17.7 Å². The first kappa shape index (κ1) is 22.7. The van der Waals surface area contributed by atoms with Gasteiger partial charge in [-0.3, -0.25) is 9.36 Å². The number of unbranched alkanes of at least 4 members (excludes halogenated alkanes) is 1. The maximum atomic E-state index is 13.0. The highest BCUT2D eigenvalue weighted by molar-refractivity contribution is 7.99. The number of hydrogen-bond donors (Lipinski definition) is 1. The molecule has 0 radical (unpaired) electrons. The maximum absolute atomic E-state index is 13.0. The lowest BCUT2D eigenvalue weighted by Crippen LogP contribution is -2.11. The second kappa shape index (κ2) is 11.4. The van der Waals surface area contributed by atoms with Crippen LogP contribution in [0.3, 0.4) is 0 Å². The zero-order valence-electron chi connectivity index (χ0n) is 18.2. The van der Waals surface area contributed by atoms with Crippen molar-refractivity contribution in [3.05, 3.63) is 102 Å². The summed E-state index contributed by atoms with van der Waals surface area (Å²) < 4.78 is 15.1. The topological polar surface area (TPSA) is 59.8 Å². The predicted octanol–water partition coefficient (Wildman–Crippen LogP) is 5.90. The average molecular weight is 461 g/mol. The van der Waals surface area contributed by atoms with E-state index in [4.69, 9.17) is 0 Å². The van der Waals surface area contributed by atoms with E-state index in [0.717, 1.165) is 35.3 Å². The fourth-order valence-electron chi connectivity index (χ4n) is 3.43. The number of anilines is 1. The van der Waals surface area contributed by atoms with Gasteiger partial charge in [-0.05, 0) is 54.8 Å². The van der Waals surface area contributed by atoms with E-state index in [-0.39, 0.29) is 11.7 Å². The summed E-state index contributed by atoms with van der Waals surface area (Å²) >= 11 is 1.65. The Morgan fingerprint density at radius 3 is 2.30 bits per heavy atom. The van der Waals surface area contributed by atoms with E-state index in [2.05, 4.69) is 44.3 Å². The Kier molecular flexibility index (Phi) is 7.87. The Bertz CT molecular complexity index is 1160. The molecule has 33 heavy (non-hydrogen) atoms. The minimum Gasteiger partial charge on any atom is -0.326 e. The standard InChI is InChI=1S/C26H25FN4OS/c27-21-14-16-22(17-15-21)28-25(32)13-7-8-18-33-26-30-29-24(19-20-9-3-1-4-10-20)31(26)23-11-5-2-6-12-23/h1-6,9-12,14-17H,7-8,13,18-19H2,(H,28,32). The van der Waals surface area contributed by atoms with E-state index >= 15 is 0 Å². The van der Waals surface area contributed by atoms with Gasteiger partial charge < -0.3 is 5.32 Å². The summed E-state index contributed by atoms with van der Waals surface area (Å²) in [5.74, 6) is 1.35. The van der Waals surface area contributed by atoms with Gasteiger partial charge in [-0.1, -0.05) is 60.3 Å². The molecular weight excluding hydrogens is 435 g/mol. The molecule has 5 nitrogen and oxygen atoms in total. The fourth-order valence-corrected chi connectivity index (χ4v) is 4.40. The first-order valence-corrected chi connectivity index (χ1v) is 11.9. The normalized spacial score (nSPS) is 10.8. The molecule has 7 heteroatoms. The number of rotatable bonds is 10. The fraction of sp³-hybridized carbons (Fsp3) is 0.192. The maximum Gasteiger partial charge on any atom is 0.224 e. The van der Waals surface area contributed by atoms with Crippen molar-refractivity contribution in [2.24, 2.45) is 0 Å². The minimum atomic E-state index is -0.319. The second-order valence-corrected chi connectivity index (χ2v) is 8.65. The van der Waals surface area contributed by atoms with Crippen LogP contribution in [0.1, 0.15) is 30.7 Å². The van der Waals surface area contributed by atoms with Gasteiger partial charge in [-0.15, -0.1) is 10.2 Å². The van der Waals surface area contributed by atoms with Crippen LogP contribution in [0.25, 0.3) is 5.69 Å². The van der Waals surface area contributed by atoms with Crippen molar-refractivity contribution in [2.45, 2.75) is 30.8 Å². The van der Waals surface area contributed by atoms with Crippen LogP contribution in [-0.2, 0) is 11.2 Å². The molecule has 168 valence electrons. The molecule has 0 saturated heterocycles. The SMILES string of the molecule is O=C(CCCCSc1nnc(Cc2ccccc2)n1-c1ccccc1)Nc1ccc(F)cc1. The second-order valence-electron chi connectivity index (χ2n) is 7.59. The number of nitrogens with one attached hydrogen (secondary N) is 1.